The second-order valence-electron chi connectivity index (χ2n) is 33.5. The van der Waals surface area contributed by atoms with Crippen molar-refractivity contribution >= 4 is 87.7 Å². The predicted octanol–water partition coefficient (Wildman–Crippen LogP) is 13.9. The first-order valence-electron chi connectivity index (χ1n) is 42.8. The number of likely N-dealkylation sites (tertiary alicyclic amines) is 2. The van der Waals surface area contributed by atoms with E-state index in [4.69, 9.17) is 28.8 Å². The zero-order valence-corrected chi connectivity index (χ0v) is 71.8. The summed E-state index contributed by atoms with van der Waals surface area (Å²) in [6, 6.07) is 29.6. The van der Waals surface area contributed by atoms with Crippen molar-refractivity contribution in [2.24, 2.45) is 10.8 Å². The number of anilines is 1. The summed E-state index contributed by atoms with van der Waals surface area (Å²) < 4.78 is 27.9. The number of aliphatic carboxylic acids is 1. The molecule has 4 aliphatic rings. The minimum atomic E-state index is -1.10. The Kier molecular flexibility index (Phi) is 36.9. The van der Waals surface area contributed by atoms with E-state index >= 15 is 0 Å². The van der Waals surface area contributed by atoms with Crippen LogP contribution in [0.4, 0.5) is 5.69 Å². The molecule has 25 nitrogen and oxygen atoms in total. The summed E-state index contributed by atoms with van der Waals surface area (Å²) in [5, 5.41) is 14.1. The number of carbonyl (C=O) groups is 14. The van der Waals surface area contributed by atoms with Crippen LogP contribution in [0.3, 0.4) is 0 Å². The Morgan fingerprint density at radius 2 is 1.03 bits per heavy atom. The minimum absolute atomic E-state index is 0.00641. The number of ketones is 6. The second-order valence-corrected chi connectivity index (χ2v) is 33.5. The van der Waals surface area contributed by atoms with Crippen molar-refractivity contribution in [3.63, 3.8) is 0 Å². The zero-order valence-electron chi connectivity index (χ0n) is 71.8. The fourth-order valence-electron chi connectivity index (χ4n) is 15.2. The van der Waals surface area contributed by atoms with Crippen LogP contribution in [0, 0.1) is 38.5 Å². The molecule has 0 saturated carbocycles. The number of benzene rings is 5. The molecule has 0 radical (unpaired) electrons. The van der Waals surface area contributed by atoms with Gasteiger partial charge in [0.05, 0.1) is 49.6 Å². The number of carboxylic acids is 1. The molecule has 4 heterocycles. The summed E-state index contributed by atoms with van der Waals surface area (Å²) in [5.41, 5.74) is 8.00. The monoisotopic (exact) mass is 1650 g/mol. The van der Waals surface area contributed by atoms with E-state index in [2.05, 4.69) is 74.7 Å². The molecule has 7 amide bonds. The number of ether oxygens (including phenoxy) is 5. The Morgan fingerprint density at radius 1 is 0.525 bits per heavy atom. The number of fused-ring (bicyclic) bond motifs is 1. The highest BCUT2D eigenvalue weighted by Gasteiger charge is 2.47. The molecule has 3 saturated heterocycles. The molecule has 0 bridgehead atoms. The normalized spacial score (nSPS) is 16.6. The lowest BCUT2D eigenvalue weighted by Crippen LogP contribution is -2.54. The van der Waals surface area contributed by atoms with Crippen LogP contribution in [-0.4, -0.2) is 186 Å². The molecule has 5 aromatic rings. The first-order valence-corrected chi connectivity index (χ1v) is 42.8. The molecule has 1 unspecified atom stereocenters. The predicted molar refractivity (Wildman–Crippen MR) is 453 cm³/mol. The number of rotatable bonds is 47. The fourth-order valence-corrected chi connectivity index (χ4v) is 15.2. The standard InChI is InChI=1S/C62H80N4O14.C33H43NO6/c1-6-62(4,5)57(72)61(76)65-30-10-7-20-50(65)52(69)39-45(25-24-43-23-22-41(2)42(3)37-43)44-15-13-16-46(38-44)63-54(70)28-26-47(67)17-8-11-31-77-33-35-79-36-34-78-32-12-9-18-48(68)40-80-53-21-14-19-49-56(53)60(75)66(59(49)74)51-27-29-55(71)64-58(51)73;1-6-33(4,5)31(38)32(39)34-17-8-7-12-28(34)29(35)20-26(16-15-24-14-13-22(2)23(3)18-24)25-10-9-11-27(19-25)40-21-30(36)37/h13-16,19,21-23,37-38,45,50-51H,6-12,17-18,20,24-36,39-40H2,1-5H3,(H,63,70)(H,64,71,73);9-11,13-14,18-19,26,28H,6-8,12,15-17,20-21H2,1-5H3,(H,36,37)/t45-,50-,51?;26-,28-/m00/s1. The van der Waals surface area contributed by atoms with Crippen LogP contribution in [0.25, 0.3) is 0 Å². The molecule has 3 fully saturated rings. The summed E-state index contributed by atoms with van der Waals surface area (Å²) in [4.78, 5) is 185. The van der Waals surface area contributed by atoms with Crippen LogP contribution in [-0.2, 0) is 84.6 Å². The molecule has 9 rings (SSSR count). The summed E-state index contributed by atoms with van der Waals surface area (Å²) in [6.07, 6.45) is 11.7. The number of imide groups is 2. The van der Waals surface area contributed by atoms with Crippen molar-refractivity contribution in [1.82, 2.24) is 20.0 Å². The van der Waals surface area contributed by atoms with Gasteiger partial charge in [-0.15, -0.1) is 0 Å². The van der Waals surface area contributed by atoms with Crippen LogP contribution < -0.4 is 20.1 Å². The van der Waals surface area contributed by atoms with E-state index in [9.17, 15) is 67.1 Å². The van der Waals surface area contributed by atoms with E-state index in [0.717, 1.165) is 60.1 Å². The van der Waals surface area contributed by atoms with Gasteiger partial charge in [0.25, 0.3) is 23.6 Å². The molecule has 0 aliphatic carbocycles. The number of carbonyl (C=O) groups excluding carboxylic acids is 13. The lowest BCUT2D eigenvalue weighted by molar-refractivity contribution is -0.153. The van der Waals surface area contributed by atoms with Crippen molar-refractivity contribution in [2.75, 3.05) is 71.3 Å². The molecule has 648 valence electrons. The number of nitrogens with zero attached hydrogens (tertiary/aromatic N) is 3. The van der Waals surface area contributed by atoms with E-state index in [1.807, 2.05) is 44.2 Å². The SMILES string of the molecule is CCC(C)(C)C(=O)C(=O)N1CCCC[C@H]1C(=O)C[C@H](CCc1ccc(C)c(C)c1)c1cccc(NC(=O)CCC(=O)CCCCOCCOCCOCCCCC(=O)COc2cccc3c2C(=O)N(C2CCC(=O)NC2=O)C3=O)c1.CCC(C)(C)C(=O)C(=O)N1CCCC[C@H]1C(=O)C[C@H](CCc1ccc(C)c(C)c1)c1cccc(OCC(=O)O)c1. The van der Waals surface area contributed by atoms with Crippen LogP contribution >= 0.6 is 0 Å². The third-order valence-corrected chi connectivity index (χ3v) is 23.8. The first kappa shape index (κ1) is 95.2. The topological polar surface area (TPSA) is 339 Å². The number of hydrogen-bond acceptors (Lipinski definition) is 19. The van der Waals surface area contributed by atoms with Gasteiger partial charge in [-0.2, -0.15) is 0 Å². The van der Waals surface area contributed by atoms with Gasteiger partial charge in [0.15, 0.2) is 24.0 Å². The Bertz CT molecular complexity index is 4490. The molecule has 120 heavy (non-hydrogen) atoms. The van der Waals surface area contributed by atoms with Gasteiger partial charge in [-0.1, -0.05) is 108 Å². The average Bonchev–Trinajstić information content (AvgIpc) is 1.60. The van der Waals surface area contributed by atoms with Gasteiger partial charge in [-0.25, -0.2) is 4.79 Å². The van der Waals surface area contributed by atoms with Gasteiger partial charge in [0.2, 0.25) is 29.3 Å². The molecular weight excluding hydrogens is 1530 g/mol. The van der Waals surface area contributed by atoms with Crippen molar-refractivity contribution in [3.05, 3.63) is 159 Å². The largest absolute Gasteiger partial charge is 0.485 e. The molecule has 5 aromatic carbocycles. The Balaban J connectivity index is 0.000000374. The van der Waals surface area contributed by atoms with Crippen LogP contribution in [0.15, 0.2) is 103 Å². The molecular formula is C95H123N5O20. The summed E-state index contributed by atoms with van der Waals surface area (Å²) in [7, 11) is 0. The average molecular weight is 1660 g/mol. The third kappa shape index (κ3) is 27.9. The van der Waals surface area contributed by atoms with Crippen molar-refractivity contribution < 1.29 is 95.9 Å². The lowest BCUT2D eigenvalue weighted by atomic mass is 9.82. The van der Waals surface area contributed by atoms with Crippen molar-refractivity contribution in [3.8, 4) is 11.5 Å². The first-order chi connectivity index (χ1) is 57.3. The van der Waals surface area contributed by atoms with Gasteiger partial charge >= 0.3 is 5.97 Å². The summed E-state index contributed by atoms with van der Waals surface area (Å²) in [5.74, 6) is -6.09. The van der Waals surface area contributed by atoms with Gasteiger partial charge < -0.3 is 43.9 Å². The number of carboxylic acid groups (broad SMARTS) is 1. The van der Waals surface area contributed by atoms with Gasteiger partial charge in [0.1, 0.15) is 29.9 Å². The number of Topliss-reactive ketones (excluding diaryl/α,β-unsaturated/α-hetero) is 6. The fraction of sp³-hybridized carbons (Fsp3) is 0.537. The number of nitrogens with one attached hydrogen (secondary N) is 2. The molecule has 25 heteroatoms. The maximum atomic E-state index is 14.2. The highest BCUT2D eigenvalue weighted by Crippen LogP contribution is 2.37. The van der Waals surface area contributed by atoms with Gasteiger partial charge in [-0.3, -0.25) is 72.5 Å². The number of piperidine rings is 3. The molecule has 4 aliphatic heterocycles. The van der Waals surface area contributed by atoms with Gasteiger partial charge in [0, 0.05) is 87.8 Å². The van der Waals surface area contributed by atoms with E-state index in [1.165, 1.54) is 55.8 Å². The Morgan fingerprint density at radius 3 is 1.55 bits per heavy atom. The quantitative estimate of drug-likeness (QED) is 0.0185. The third-order valence-electron chi connectivity index (χ3n) is 23.8. The number of hydrogen-bond donors (Lipinski definition) is 3. The van der Waals surface area contributed by atoms with Crippen LogP contribution in [0.5, 0.6) is 11.5 Å². The smallest absolute Gasteiger partial charge is 0.341 e. The minimum Gasteiger partial charge on any atom is -0.485 e. The van der Waals surface area contributed by atoms with Gasteiger partial charge in [-0.05, 0) is 230 Å². The summed E-state index contributed by atoms with van der Waals surface area (Å²) >= 11 is 0. The molecule has 0 aromatic heterocycles. The van der Waals surface area contributed by atoms with E-state index in [-0.39, 0.29) is 109 Å². The van der Waals surface area contributed by atoms with E-state index in [0.29, 0.717) is 135 Å². The van der Waals surface area contributed by atoms with Crippen molar-refractivity contribution in [2.45, 2.75) is 253 Å². The highest BCUT2D eigenvalue weighted by molar-refractivity contribution is 6.39. The number of unbranched alkanes of at least 4 members (excludes halogenated alkanes) is 2. The Labute approximate surface area is 705 Å². The molecule has 3 N–H and O–H groups in total. The Hall–Kier alpha value is -10.2. The molecule has 0 spiro atoms. The zero-order chi connectivity index (χ0) is 87.2. The molecule has 5 atom stereocenters. The van der Waals surface area contributed by atoms with E-state index in [1.54, 1.807) is 45.9 Å². The van der Waals surface area contributed by atoms with Crippen LogP contribution in [0.1, 0.15) is 260 Å². The maximum absolute atomic E-state index is 14.2. The lowest BCUT2D eigenvalue weighted by Gasteiger charge is -2.36. The maximum Gasteiger partial charge on any atom is 0.341 e. The number of amides is 7. The second kappa shape index (κ2) is 46.5. The summed E-state index contributed by atoms with van der Waals surface area (Å²) in [6.45, 7) is 21.6. The van der Waals surface area contributed by atoms with Crippen LogP contribution in [0.2, 0.25) is 0 Å². The highest BCUT2D eigenvalue weighted by atomic mass is 16.5. The van der Waals surface area contributed by atoms with E-state index < -0.39 is 88.5 Å². The number of aryl methyl sites for hydroxylation is 6. The van der Waals surface area contributed by atoms with Crippen molar-refractivity contribution in [1.29, 1.82) is 0 Å².